The lowest BCUT2D eigenvalue weighted by Gasteiger charge is -2.23. The second kappa shape index (κ2) is 5.87. The van der Waals surface area contributed by atoms with E-state index in [1.165, 1.54) is 0 Å². The van der Waals surface area contributed by atoms with E-state index in [0.29, 0.717) is 38.9 Å². The van der Waals surface area contributed by atoms with E-state index >= 15 is 0 Å². The summed E-state index contributed by atoms with van der Waals surface area (Å²) >= 11 is 0. The van der Waals surface area contributed by atoms with E-state index in [1.54, 1.807) is 4.90 Å². The molecule has 1 saturated heterocycles. The fourth-order valence-electron chi connectivity index (χ4n) is 2.96. The third-order valence-electron chi connectivity index (χ3n) is 4.48. The Morgan fingerprint density at radius 1 is 1.43 bits per heavy atom. The Morgan fingerprint density at radius 2 is 2.14 bits per heavy atom. The molecule has 1 amide bonds. The minimum Gasteiger partial charge on any atom is -0.481 e. The van der Waals surface area contributed by atoms with Gasteiger partial charge < -0.3 is 10.0 Å². The van der Waals surface area contributed by atoms with Gasteiger partial charge in [-0.1, -0.05) is 6.92 Å². The summed E-state index contributed by atoms with van der Waals surface area (Å²) < 4.78 is 1.83. The Labute approximate surface area is 124 Å². The second-order valence-corrected chi connectivity index (χ2v) is 5.90. The molecule has 2 heterocycles. The van der Waals surface area contributed by atoms with Crippen LogP contribution in [0.1, 0.15) is 37.6 Å². The van der Waals surface area contributed by atoms with E-state index < -0.39 is 11.4 Å². The number of nitrogens with zero attached hydrogens (tertiary/aromatic N) is 3. The molecule has 1 aromatic rings. The highest BCUT2D eigenvalue weighted by atomic mass is 16.4. The van der Waals surface area contributed by atoms with Gasteiger partial charge >= 0.3 is 5.97 Å². The molecule has 0 aliphatic carbocycles. The Kier molecular flexibility index (Phi) is 4.34. The molecule has 0 aromatic carbocycles. The maximum Gasteiger partial charge on any atom is 0.311 e. The maximum atomic E-state index is 12.3. The molecule has 0 bridgehead atoms. The first kappa shape index (κ1) is 15.5. The van der Waals surface area contributed by atoms with Gasteiger partial charge in [-0.2, -0.15) is 5.10 Å². The first-order valence-corrected chi connectivity index (χ1v) is 7.40. The van der Waals surface area contributed by atoms with Crippen molar-refractivity contribution in [2.45, 2.75) is 46.6 Å². The molecule has 0 spiro atoms. The summed E-state index contributed by atoms with van der Waals surface area (Å²) in [7, 11) is 0. The van der Waals surface area contributed by atoms with Crippen LogP contribution in [0.4, 0.5) is 0 Å². The van der Waals surface area contributed by atoms with Crippen LogP contribution in [0.3, 0.4) is 0 Å². The molecule has 0 radical (unpaired) electrons. The summed E-state index contributed by atoms with van der Waals surface area (Å²) in [4.78, 5) is 25.3. The number of rotatable bonds is 5. The smallest absolute Gasteiger partial charge is 0.311 e. The Hall–Kier alpha value is -1.85. The number of carboxylic acid groups (broad SMARTS) is 1. The molecular formula is C15H23N3O3. The van der Waals surface area contributed by atoms with Gasteiger partial charge in [0.15, 0.2) is 0 Å². The van der Waals surface area contributed by atoms with Gasteiger partial charge in [-0.15, -0.1) is 0 Å². The van der Waals surface area contributed by atoms with Crippen molar-refractivity contribution < 1.29 is 14.7 Å². The van der Waals surface area contributed by atoms with Crippen molar-refractivity contribution in [2.24, 2.45) is 5.41 Å². The van der Waals surface area contributed by atoms with Crippen molar-refractivity contribution >= 4 is 11.9 Å². The van der Waals surface area contributed by atoms with Gasteiger partial charge in [-0.25, -0.2) is 0 Å². The molecule has 1 aliphatic heterocycles. The van der Waals surface area contributed by atoms with E-state index in [1.807, 2.05) is 31.5 Å². The van der Waals surface area contributed by atoms with Crippen LogP contribution in [0.15, 0.2) is 6.07 Å². The number of amides is 1. The van der Waals surface area contributed by atoms with Gasteiger partial charge in [-0.05, 0) is 32.8 Å². The van der Waals surface area contributed by atoms with Crippen molar-refractivity contribution in [3.05, 3.63) is 17.5 Å². The van der Waals surface area contributed by atoms with E-state index in [9.17, 15) is 14.7 Å². The Bertz CT molecular complexity index is 552. The number of hydrogen-bond acceptors (Lipinski definition) is 3. The number of carbonyl (C=O) groups excluding carboxylic acids is 1. The molecule has 21 heavy (non-hydrogen) atoms. The van der Waals surface area contributed by atoms with Crippen LogP contribution in [0.5, 0.6) is 0 Å². The van der Waals surface area contributed by atoms with Crippen molar-refractivity contribution in [1.29, 1.82) is 0 Å². The minimum atomic E-state index is -0.793. The lowest BCUT2D eigenvalue weighted by Crippen LogP contribution is -2.36. The van der Waals surface area contributed by atoms with Gasteiger partial charge in [-0.3, -0.25) is 14.3 Å². The monoisotopic (exact) mass is 293 g/mol. The number of carboxylic acids is 1. The lowest BCUT2D eigenvalue weighted by atomic mass is 9.84. The van der Waals surface area contributed by atoms with Gasteiger partial charge in [0, 0.05) is 31.7 Å². The summed E-state index contributed by atoms with van der Waals surface area (Å²) in [6.07, 6.45) is 1.47. The summed E-state index contributed by atoms with van der Waals surface area (Å²) in [5, 5.41) is 13.7. The Morgan fingerprint density at radius 3 is 2.62 bits per heavy atom. The van der Waals surface area contributed by atoms with E-state index in [2.05, 4.69) is 5.10 Å². The van der Waals surface area contributed by atoms with E-state index in [4.69, 9.17) is 0 Å². The normalized spacial score (nSPS) is 21.8. The first-order chi connectivity index (χ1) is 9.88. The largest absolute Gasteiger partial charge is 0.481 e. The summed E-state index contributed by atoms with van der Waals surface area (Å²) in [5.41, 5.74) is 1.22. The van der Waals surface area contributed by atoms with Crippen LogP contribution in [0.25, 0.3) is 0 Å². The standard InChI is InChI=1S/C15H23N3O3/c1-4-15(14(20)21)6-8-17(10-15)13(19)5-7-18-12(3)9-11(2)16-18/h9H,4-8,10H2,1-3H3,(H,20,21). The molecule has 1 fully saturated rings. The van der Waals surface area contributed by atoms with Crippen LogP contribution in [-0.2, 0) is 16.1 Å². The fraction of sp³-hybridized carbons (Fsp3) is 0.667. The van der Waals surface area contributed by atoms with Crippen LogP contribution in [0, 0.1) is 19.3 Å². The zero-order chi connectivity index (χ0) is 15.6. The molecule has 116 valence electrons. The van der Waals surface area contributed by atoms with Crippen LogP contribution < -0.4 is 0 Å². The van der Waals surface area contributed by atoms with Crippen molar-refractivity contribution in [3.8, 4) is 0 Å². The van der Waals surface area contributed by atoms with E-state index in [0.717, 1.165) is 11.4 Å². The zero-order valence-electron chi connectivity index (χ0n) is 12.9. The molecule has 6 nitrogen and oxygen atoms in total. The molecular weight excluding hydrogens is 270 g/mol. The molecule has 1 aromatic heterocycles. The van der Waals surface area contributed by atoms with Crippen LogP contribution in [-0.4, -0.2) is 44.8 Å². The fourth-order valence-corrected chi connectivity index (χ4v) is 2.96. The summed E-state index contributed by atoms with van der Waals surface area (Å²) in [5.74, 6) is -0.780. The average molecular weight is 293 g/mol. The maximum absolute atomic E-state index is 12.3. The Balaban J connectivity index is 1.93. The lowest BCUT2D eigenvalue weighted by molar-refractivity contribution is -0.148. The topological polar surface area (TPSA) is 75.4 Å². The molecule has 1 aliphatic rings. The molecule has 1 unspecified atom stereocenters. The predicted octanol–water partition coefficient (Wildman–Crippen LogP) is 1.60. The van der Waals surface area contributed by atoms with Crippen molar-refractivity contribution in [3.63, 3.8) is 0 Å². The number of likely N-dealkylation sites (tertiary alicyclic amines) is 1. The number of carbonyl (C=O) groups is 2. The third kappa shape index (κ3) is 3.09. The number of aryl methyl sites for hydroxylation is 3. The van der Waals surface area contributed by atoms with Crippen molar-refractivity contribution in [2.75, 3.05) is 13.1 Å². The SMILES string of the molecule is CCC1(C(=O)O)CCN(C(=O)CCn2nc(C)cc2C)C1. The molecule has 1 N–H and O–H groups in total. The highest BCUT2D eigenvalue weighted by Crippen LogP contribution is 2.34. The summed E-state index contributed by atoms with van der Waals surface area (Å²) in [6, 6.07) is 1.98. The molecule has 2 rings (SSSR count). The van der Waals surface area contributed by atoms with Gasteiger partial charge in [0.05, 0.1) is 11.1 Å². The van der Waals surface area contributed by atoms with Gasteiger partial charge in [0.2, 0.25) is 5.91 Å². The van der Waals surface area contributed by atoms with Crippen molar-refractivity contribution in [1.82, 2.24) is 14.7 Å². The van der Waals surface area contributed by atoms with Gasteiger partial charge in [0.25, 0.3) is 0 Å². The molecule has 6 heteroatoms. The molecule has 1 atom stereocenters. The third-order valence-corrected chi connectivity index (χ3v) is 4.48. The highest BCUT2D eigenvalue weighted by Gasteiger charge is 2.44. The number of hydrogen-bond donors (Lipinski definition) is 1. The number of aliphatic carboxylic acids is 1. The second-order valence-electron chi connectivity index (χ2n) is 5.90. The predicted molar refractivity (Wildman–Crippen MR) is 77.9 cm³/mol. The number of aromatic nitrogens is 2. The van der Waals surface area contributed by atoms with Crippen LogP contribution >= 0.6 is 0 Å². The summed E-state index contributed by atoms with van der Waals surface area (Å²) in [6.45, 7) is 7.17. The minimum absolute atomic E-state index is 0.0131. The van der Waals surface area contributed by atoms with Gasteiger partial charge in [0.1, 0.15) is 0 Å². The van der Waals surface area contributed by atoms with E-state index in [-0.39, 0.29) is 5.91 Å². The average Bonchev–Trinajstić information content (AvgIpc) is 3.00. The zero-order valence-corrected chi connectivity index (χ0v) is 12.9. The highest BCUT2D eigenvalue weighted by molar-refractivity contribution is 5.80. The first-order valence-electron chi connectivity index (χ1n) is 7.40. The quantitative estimate of drug-likeness (QED) is 0.894. The molecule has 0 saturated carbocycles. The van der Waals surface area contributed by atoms with Crippen LogP contribution in [0.2, 0.25) is 0 Å².